The summed E-state index contributed by atoms with van der Waals surface area (Å²) in [5.74, 6) is 1.37. The second-order valence-electron chi connectivity index (χ2n) is 5.14. The summed E-state index contributed by atoms with van der Waals surface area (Å²) in [6.07, 6.45) is 4.02. The van der Waals surface area contributed by atoms with Crippen LogP contribution in [0.4, 0.5) is 0 Å². The van der Waals surface area contributed by atoms with Crippen molar-refractivity contribution in [2.75, 3.05) is 6.54 Å². The van der Waals surface area contributed by atoms with Crippen LogP contribution in [0.25, 0.3) is 10.1 Å². The van der Waals surface area contributed by atoms with E-state index >= 15 is 0 Å². The highest BCUT2D eigenvalue weighted by Crippen LogP contribution is 2.26. The second-order valence-corrected chi connectivity index (χ2v) is 6.05. The zero-order valence-corrected chi connectivity index (χ0v) is 11.7. The fourth-order valence-electron chi connectivity index (χ4n) is 2.35. The number of nitrogens with two attached hydrogens (primary N) is 1. The number of nitrogens with one attached hydrogen (secondary N) is 1. The molecular formula is C15H19N3S. The minimum absolute atomic E-state index is 0.570. The van der Waals surface area contributed by atoms with Gasteiger partial charge in [-0.3, -0.25) is 0 Å². The van der Waals surface area contributed by atoms with Gasteiger partial charge in [0.15, 0.2) is 5.96 Å². The molecule has 0 aliphatic heterocycles. The number of hydrogen-bond acceptors (Lipinski definition) is 2. The first-order valence-electron chi connectivity index (χ1n) is 6.82. The van der Waals surface area contributed by atoms with Gasteiger partial charge in [0.1, 0.15) is 0 Å². The molecule has 0 saturated heterocycles. The van der Waals surface area contributed by atoms with E-state index in [2.05, 4.69) is 40.0 Å². The van der Waals surface area contributed by atoms with Gasteiger partial charge in [0, 0.05) is 11.2 Å². The summed E-state index contributed by atoms with van der Waals surface area (Å²) >= 11 is 1.77. The van der Waals surface area contributed by atoms with Crippen molar-refractivity contribution in [2.45, 2.75) is 25.8 Å². The quantitative estimate of drug-likeness (QED) is 0.664. The highest BCUT2D eigenvalue weighted by Gasteiger charge is 2.16. The van der Waals surface area contributed by atoms with Crippen molar-refractivity contribution >= 4 is 27.4 Å². The first-order chi connectivity index (χ1) is 9.33. The van der Waals surface area contributed by atoms with Gasteiger partial charge in [-0.1, -0.05) is 24.6 Å². The van der Waals surface area contributed by atoms with E-state index in [0.717, 1.165) is 12.5 Å². The van der Waals surface area contributed by atoms with Crippen LogP contribution in [0.5, 0.6) is 0 Å². The average molecular weight is 273 g/mol. The Balaban J connectivity index is 1.62. The molecule has 0 unspecified atom stereocenters. The molecule has 0 spiro atoms. The van der Waals surface area contributed by atoms with Crippen molar-refractivity contribution in [2.24, 2.45) is 16.6 Å². The van der Waals surface area contributed by atoms with Gasteiger partial charge in [-0.25, -0.2) is 4.99 Å². The molecule has 0 bridgehead atoms. The molecule has 1 aliphatic carbocycles. The number of hydrogen-bond donors (Lipinski definition) is 2. The van der Waals surface area contributed by atoms with Crippen molar-refractivity contribution in [3.8, 4) is 0 Å². The molecule has 3 N–H and O–H groups in total. The number of thiophene rings is 1. The Kier molecular flexibility index (Phi) is 3.69. The van der Waals surface area contributed by atoms with E-state index in [-0.39, 0.29) is 0 Å². The van der Waals surface area contributed by atoms with E-state index in [0.29, 0.717) is 12.5 Å². The van der Waals surface area contributed by atoms with Crippen LogP contribution in [0.3, 0.4) is 0 Å². The van der Waals surface area contributed by atoms with E-state index in [1.54, 1.807) is 11.3 Å². The van der Waals surface area contributed by atoms with Crippen LogP contribution in [0.1, 0.15) is 24.8 Å². The van der Waals surface area contributed by atoms with Gasteiger partial charge < -0.3 is 11.1 Å². The molecule has 3 rings (SSSR count). The molecule has 1 fully saturated rings. The van der Waals surface area contributed by atoms with Crippen LogP contribution in [0.15, 0.2) is 34.6 Å². The third-order valence-corrected chi connectivity index (χ3v) is 4.78. The fraction of sp³-hybridized carbons (Fsp3) is 0.400. The molecule has 19 heavy (non-hydrogen) atoms. The molecule has 0 radical (unpaired) electrons. The Morgan fingerprint density at radius 1 is 1.37 bits per heavy atom. The maximum absolute atomic E-state index is 5.91. The van der Waals surface area contributed by atoms with E-state index in [9.17, 15) is 0 Å². The highest BCUT2D eigenvalue weighted by atomic mass is 32.1. The number of aliphatic imine (C=N–C) groups is 1. The lowest BCUT2D eigenvalue weighted by Gasteiger charge is -2.25. The monoisotopic (exact) mass is 273 g/mol. The SMILES string of the molecule is NC(=NCc1cccc2ccsc12)NCC1CCC1. The molecular weight excluding hydrogens is 254 g/mol. The maximum Gasteiger partial charge on any atom is 0.188 e. The van der Waals surface area contributed by atoms with Crippen molar-refractivity contribution in [3.63, 3.8) is 0 Å². The first-order valence-corrected chi connectivity index (χ1v) is 7.70. The van der Waals surface area contributed by atoms with E-state index in [1.807, 2.05) is 0 Å². The number of nitrogens with zero attached hydrogens (tertiary/aromatic N) is 1. The maximum atomic E-state index is 5.91. The smallest absolute Gasteiger partial charge is 0.188 e. The normalized spacial score (nSPS) is 16.5. The lowest BCUT2D eigenvalue weighted by molar-refractivity contribution is 0.315. The van der Waals surface area contributed by atoms with E-state index < -0.39 is 0 Å². The van der Waals surface area contributed by atoms with Gasteiger partial charge in [-0.15, -0.1) is 11.3 Å². The van der Waals surface area contributed by atoms with Crippen molar-refractivity contribution in [1.29, 1.82) is 0 Å². The third kappa shape index (κ3) is 2.89. The van der Waals surface area contributed by atoms with Gasteiger partial charge in [0.2, 0.25) is 0 Å². The van der Waals surface area contributed by atoms with Crippen molar-refractivity contribution < 1.29 is 0 Å². The Morgan fingerprint density at radius 2 is 2.26 bits per heavy atom. The van der Waals surface area contributed by atoms with Crippen LogP contribution in [-0.2, 0) is 6.54 Å². The summed E-state index contributed by atoms with van der Waals surface area (Å²) in [5.41, 5.74) is 7.16. The zero-order chi connectivity index (χ0) is 13.1. The topological polar surface area (TPSA) is 50.4 Å². The largest absolute Gasteiger partial charge is 0.370 e. The molecule has 1 saturated carbocycles. The van der Waals surface area contributed by atoms with Crippen LogP contribution in [0, 0.1) is 5.92 Å². The molecule has 3 nitrogen and oxygen atoms in total. The minimum atomic E-state index is 0.570. The number of rotatable bonds is 4. The summed E-state index contributed by atoms with van der Waals surface area (Å²) < 4.78 is 1.32. The van der Waals surface area contributed by atoms with Gasteiger partial charge in [-0.2, -0.15) is 0 Å². The highest BCUT2D eigenvalue weighted by molar-refractivity contribution is 7.17. The fourth-order valence-corrected chi connectivity index (χ4v) is 3.26. The summed E-state index contributed by atoms with van der Waals surface area (Å²) in [4.78, 5) is 4.44. The Morgan fingerprint density at radius 3 is 3.05 bits per heavy atom. The van der Waals surface area contributed by atoms with Gasteiger partial charge in [0.25, 0.3) is 0 Å². The molecule has 100 valence electrons. The number of guanidine groups is 1. The van der Waals surface area contributed by atoms with E-state index in [1.165, 1.54) is 34.9 Å². The molecule has 0 amide bonds. The Bertz CT molecular complexity index is 584. The first kappa shape index (κ1) is 12.5. The second kappa shape index (κ2) is 5.61. The average Bonchev–Trinajstić information content (AvgIpc) is 2.83. The van der Waals surface area contributed by atoms with Crippen molar-refractivity contribution in [1.82, 2.24) is 5.32 Å². The lowest BCUT2D eigenvalue weighted by atomic mass is 9.85. The molecule has 1 aromatic carbocycles. The van der Waals surface area contributed by atoms with Crippen LogP contribution in [-0.4, -0.2) is 12.5 Å². The molecule has 4 heteroatoms. The van der Waals surface area contributed by atoms with Gasteiger partial charge >= 0.3 is 0 Å². The summed E-state index contributed by atoms with van der Waals surface area (Å²) in [7, 11) is 0. The summed E-state index contributed by atoms with van der Waals surface area (Å²) in [5, 5.41) is 6.64. The summed E-state index contributed by atoms with van der Waals surface area (Å²) in [6.45, 7) is 1.62. The molecule has 1 aromatic heterocycles. The number of fused-ring (bicyclic) bond motifs is 1. The van der Waals surface area contributed by atoms with Gasteiger partial charge in [-0.05, 0) is 41.2 Å². The minimum Gasteiger partial charge on any atom is -0.370 e. The molecule has 1 heterocycles. The van der Waals surface area contributed by atoms with Crippen molar-refractivity contribution in [3.05, 3.63) is 35.2 Å². The molecule has 2 aromatic rings. The Labute approximate surface area is 117 Å². The van der Waals surface area contributed by atoms with Crippen LogP contribution in [0.2, 0.25) is 0 Å². The Hall–Kier alpha value is -1.55. The summed E-state index contributed by atoms with van der Waals surface area (Å²) in [6, 6.07) is 8.49. The van der Waals surface area contributed by atoms with Crippen LogP contribution < -0.4 is 11.1 Å². The standard InChI is InChI=1S/C15H19N3S/c16-15(17-9-11-3-1-4-11)18-10-13-6-2-5-12-7-8-19-14(12)13/h2,5-8,11H,1,3-4,9-10H2,(H3,16,17,18). The van der Waals surface area contributed by atoms with E-state index in [4.69, 9.17) is 5.73 Å². The molecule has 0 atom stereocenters. The number of benzene rings is 1. The van der Waals surface area contributed by atoms with Crippen LogP contribution >= 0.6 is 11.3 Å². The molecule has 1 aliphatic rings. The third-order valence-electron chi connectivity index (χ3n) is 3.78. The predicted molar refractivity (Wildman–Crippen MR) is 82.5 cm³/mol. The van der Waals surface area contributed by atoms with Gasteiger partial charge in [0.05, 0.1) is 6.54 Å². The zero-order valence-electron chi connectivity index (χ0n) is 10.9. The predicted octanol–water partition coefficient (Wildman–Crippen LogP) is 3.11. The lowest BCUT2D eigenvalue weighted by Crippen LogP contribution is -2.37.